The van der Waals surface area contributed by atoms with Crippen LogP contribution in [0.5, 0.6) is 5.75 Å². The molecule has 1 atom stereocenters. The largest absolute Gasteiger partial charge is 0.490 e. The summed E-state index contributed by atoms with van der Waals surface area (Å²) in [6.07, 6.45) is 5.79. The Hall–Kier alpha value is -1.33. The monoisotopic (exact) mass is 344 g/mol. The van der Waals surface area contributed by atoms with Crippen molar-refractivity contribution in [3.63, 3.8) is 0 Å². The van der Waals surface area contributed by atoms with Crippen LogP contribution in [0.25, 0.3) is 0 Å². The summed E-state index contributed by atoms with van der Waals surface area (Å²) in [5, 5.41) is 2.97. The maximum absolute atomic E-state index is 13.8. The van der Waals surface area contributed by atoms with Gasteiger partial charge in [-0.1, -0.05) is 25.3 Å². The number of rotatable bonds is 6. The molecule has 1 aromatic carbocycles. The fraction of sp³-hybridized carbons (Fsp3) is 0.588. The number of hydrogen-bond donors (Lipinski definition) is 2. The van der Waals surface area contributed by atoms with Crippen LogP contribution in [0.1, 0.15) is 49.4 Å². The van der Waals surface area contributed by atoms with Gasteiger partial charge in [0.2, 0.25) is 0 Å². The molecular formula is C17H26ClFN2O2. The zero-order chi connectivity index (χ0) is 15.9. The first kappa shape index (κ1) is 19.7. The van der Waals surface area contributed by atoms with Gasteiger partial charge in [0.1, 0.15) is 0 Å². The molecule has 0 bridgehead atoms. The van der Waals surface area contributed by atoms with Crippen molar-refractivity contribution in [2.45, 2.75) is 45.1 Å². The van der Waals surface area contributed by atoms with Gasteiger partial charge in [0.15, 0.2) is 11.6 Å². The molecule has 6 heteroatoms. The second-order valence-corrected chi connectivity index (χ2v) is 5.76. The minimum atomic E-state index is -0.517. The van der Waals surface area contributed by atoms with Gasteiger partial charge in [-0.25, -0.2) is 4.39 Å². The van der Waals surface area contributed by atoms with Gasteiger partial charge in [0.05, 0.1) is 12.2 Å². The first-order chi connectivity index (χ1) is 10.7. The van der Waals surface area contributed by atoms with Crippen LogP contribution >= 0.6 is 12.4 Å². The third kappa shape index (κ3) is 5.08. The second-order valence-electron chi connectivity index (χ2n) is 5.76. The molecule has 1 aromatic rings. The molecule has 1 saturated carbocycles. The molecule has 0 aliphatic heterocycles. The van der Waals surface area contributed by atoms with Crippen molar-refractivity contribution in [1.82, 2.24) is 5.32 Å². The van der Waals surface area contributed by atoms with E-state index in [-0.39, 0.29) is 35.7 Å². The topological polar surface area (TPSA) is 64.3 Å². The van der Waals surface area contributed by atoms with E-state index in [0.29, 0.717) is 19.1 Å². The normalized spacial score (nSPS) is 16.3. The van der Waals surface area contributed by atoms with Crippen molar-refractivity contribution >= 4 is 18.3 Å². The number of ether oxygens (including phenoxy) is 1. The summed E-state index contributed by atoms with van der Waals surface area (Å²) in [6, 6.07) is 4.33. The maximum atomic E-state index is 13.8. The standard InChI is InChI=1S/C17H25FN2O2.ClH/c1-2-22-16-13(9-6-10-14(16)18)17(21)20-15(11-19)12-7-4-3-5-8-12;/h6,9-10,12,15H,2-5,7-8,11,19H2,1H3,(H,20,21);1H. The molecule has 1 amide bonds. The minimum Gasteiger partial charge on any atom is -0.490 e. The Balaban J connectivity index is 0.00000264. The molecule has 0 aromatic heterocycles. The number of amides is 1. The van der Waals surface area contributed by atoms with Crippen molar-refractivity contribution in [1.29, 1.82) is 0 Å². The number of carbonyl (C=O) groups excluding carboxylic acids is 1. The summed E-state index contributed by atoms with van der Waals surface area (Å²) in [6.45, 7) is 2.47. The number of nitrogens with two attached hydrogens (primary N) is 1. The lowest BCUT2D eigenvalue weighted by molar-refractivity contribution is 0.0910. The number of hydrogen-bond acceptors (Lipinski definition) is 3. The van der Waals surface area contributed by atoms with Gasteiger partial charge in [-0.3, -0.25) is 4.79 Å². The molecule has 0 radical (unpaired) electrons. The fourth-order valence-corrected chi connectivity index (χ4v) is 3.13. The van der Waals surface area contributed by atoms with Crippen LogP contribution in [0, 0.1) is 11.7 Å². The summed E-state index contributed by atoms with van der Waals surface area (Å²) in [4.78, 5) is 12.5. The summed E-state index contributed by atoms with van der Waals surface area (Å²) < 4.78 is 19.1. The van der Waals surface area contributed by atoms with Gasteiger partial charge in [0.25, 0.3) is 5.91 Å². The van der Waals surface area contributed by atoms with Crippen molar-refractivity contribution in [3.05, 3.63) is 29.6 Å². The van der Waals surface area contributed by atoms with Crippen LogP contribution in [0.15, 0.2) is 18.2 Å². The van der Waals surface area contributed by atoms with E-state index in [9.17, 15) is 9.18 Å². The zero-order valence-electron chi connectivity index (χ0n) is 13.5. The Bertz CT molecular complexity index is 507. The number of carbonyl (C=O) groups is 1. The average Bonchev–Trinajstić information content (AvgIpc) is 2.55. The highest BCUT2D eigenvalue weighted by Crippen LogP contribution is 2.27. The number of halogens is 2. The Kier molecular flexibility index (Phi) is 8.34. The highest BCUT2D eigenvalue weighted by Gasteiger charge is 2.26. The van der Waals surface area contributed by atoms with Crippen LogP contribution < -0.4 is 15.8 Å². The first-order valence-corrected chi connectivity index (χ1v) is 8.09. The van der Waals surface area contributed by atoms with Gasteiger partial charge >= 0.3 is 0 Å². The van der Waals surface area contributed by atoms with Gasteiger partial charge in [-0.2, -0.15) is 0 Å². The predicted octanol–water partition coefficient (Wildman–Crippen LogP) is 3.28. The molecule has 1 fully saturated rings. The van der Waals surface area contributed by atoms with E-state index in [1.165, 1.54) is 31.4 Å². The molecule has 4 nitrogen and oxygen atoms in total. The number of para-hydroxylation sites is 1. The predicted molar refractivity (Wildman–Crippen MR) is 91.7 cm³/mol. The van der Waals surface area contributed by atoms with Crippen LogP contribution in [-0.2, 0) is 0 Å². The lowest BCUT2D eigenvalue weighted by Gasteiger charge is -2.30. The van der Waals surface area contributed by atoms with Crippen molar-refractivity contribution in [3.8, 4) is 5.75 Å². The van der Waals surface area contributed by atoms with Crippen molar-refractivity contribution in [2.75, 3.05) is 13.2 Å². The molecule has 0 spiro atoms. The van der Waals surface area contributed by atoms with E-state index in [1.54, 1.807) is 13.0 Å². The SMILES string of the molecule is CCOc1c(F)cccc1C(=O)NC(CN)C1CCCCC1.Cl. The third-order valence-corrected chi connectivity index (χ3v) is 4.29. The smallest absolute Gasteiger partial charge is 0.255 e. The summed E-state index contributed by atoms with van der Waals surface area (Å²) in [5.74, 6) is -0.408. The Labute approximate surface area is 143 Å². The molecular weight excluding hydrogens is 319 g/mol. The highest BCUT2D eigenvalue weighted by atomic mass is 35.5. The molecule has 1 unspecified atom stereocenters. The van der Waals surface area contributed by atoms with Crippen LogP contribution in [0.3, 0.4) is 0 Å². The van der Waals surface area contributed by atoms with Crippen LogP contribution in [0.2, 0.25) is 0 Å². The Morgan fingerprint density at radius 1 is 1.39 bits per heavy atom. The van der Waals surface area contributed by atoms with E-state index < -0.39 is 5.82 Å². The molecule has 130 valence electrons. The molecule has 0 saturated heterocycles. The lowest BCUT2D eigenvalue weighted by atomic mass is 9.84. The highest BCUT2D eigenvalue weighted by molar-refractivity contribution is 5.97. The van der Waals surface area contributed by atoms with E-state index in [0.717, 1.165) is 12.8 Å². The van der Waals surface area contributed by atoms with E-state index in [2.05, 4.69) is 5.32 Å². The summed E-state index contributed by atoms with van der Waals surface area (Å²) in [5.41, 5.74) is 6.07. The lowest BCUT2D eigenvalue weighted by Crippen LogP contribution is -2.46. The molecule has 1 aliphatic carbocycles. The second kappa shape index (κ2) is 9.73. The summed E-state index contributed by atoms with van der Waals surface area (Å²) >= 11 is 0. The minimum absolute atomic E-state index is 0. The zero-order valence-corrected chi connectivity index (χ0v) is 14.3. The van der Waals surface area contributed by atoms with Crippen molar-refractivity contribution in [2.24, 2.45) is 11.7 Å². The van der Waals surface area contributed by atoms with E-state index in [4.69, 9.17) is 10.5 Å². The van der Waals surface area contributed by atoms with E-state index in [1.807, 2.05) is 0 Å². The number of nitrogens with one attached hydrogen (secondary N) is 1. The van der Waals surface area contributed by atoms with Gasteiger partial charge in [-0.05, 0) is 37.8 Å². The Morgan fingerprint density at radius 3 is 2.70 bits per heavy atom. The number of benzene rings is 1. The fourth-order valence-electron chi connectivity index (χ4n) is 3.13. The maximum Gasteiger partial charge on any atom is 0.255 e. The Morgan fingerprint density at radius 2 is 2.09 bits per heavy atom. The van der Waals surface area contributed by atoms with Crippen LogP contribution in [0.4, 0.5) is 4.39 Å². The quantitative estimate of drug-likeness (QED) is 0.832. The molecule has 0 heterocycles. The van der Waals surface area contributed by atoms with E-state index >= 15 is 0 Å². The molecule has 23 heavy (non-hydrogen) atoms. The molecule has 3 N–H and O–H groups in total. The van der Waals surface area contributed by atoms with Gasteiger partial charge in [0, 0.05) is 12.6 Å². The summed E-state index contributed by atoms with van der Waals surface area (Å²) in [7, 11) is 0. The average molecular weight is 345 g/mol. The van der Waals surface area contributed by atoms with Crippen molar-refractivity contribution < 1.29 is 13.9 Å². The first-order valence-electron chi connectivity index (χ1n) is 8.09. The molecule has 1 aliphatic rings. The van der Waals surface area contributed by atoms with Crippen LogP contribution in [-0.4, -0.2) is 25.1 Å². The van der Waals surface area contributed by atoms with Gasteiger partial charge < -0.3 is 15.8 Å². The molecule has 2 rings (SSSR count). The van der Waals surface area contributed by atoms with Gasteiger partial charge in [-0.15, -0.1) is 12.4 Å². The third-order valence-electron chi connectivity index (χ3n) is 4.29.